The number of hydrogen-bond acceptors (Lipinski definition) is 2. The SMILES string of the molecule is CCc1nccn1Cc1cn(-c2ccc(C)c(F)c2)cn1. The van der Waals surface area contributed by atoms with Crippen LogP contribution in [0, 0.1) is 12.7 Å². The molecule has 3 rings (SSSR count). The summed E-state index contributed by atoms with van der Waals surface area (Å²) in [7, 11) is 0. The Morgan fingerprint density at radius 1 is 1.24 bits per heavy atom. The summed E-state index contributed by atoms with van der Waals surface area (Å²) in [6.45, 7) is 4.50. The minimum atomic E-state index is -0.203. The quantitative estimate of drug-likeness (QED) is 0.738. The van der Waals surface area contributed by atoms with Gasteiger partial charge in [0.2, 0.25) is 0 Å². The van der Waals surface area contributed by atoms with Crippen LogP contribution in [0.15, 0.2) is 43.1 Å². The van der Waals surface area contributed by atoms with Gasteiger partial charge in [-0.1, -0.05) is 13.0 Å². The van der Waals surface area contributed by atoms with Crippen LogP contribution in [0.25, 0.3) is 5.69 Å². The van der Waals surface area contributed by atoms with E-state index in [1.807, 2.05) is 23.0 Å². The van der Waals surface area contributed by atoms with Crippen LogP contribution in [0.1, 0.15) is 24.0 Å². The molecule has 0 amide bonds. The van der Waals surface area contributed by atoms with Crippen LogP contribution in [0.4, 0.5) is 4.39 Å². The Labute approximate surface area is 122 Å². The lowest BCUT2D eigenvalue weighted by Gasteiger charge is -2.04. The van der Waals surface area contributed by atoms with Crippen molar-refractivity contribution in [1.29, 1.82) is 0 Å². The van der Waals surface area contributed by atoms with Crippen molar-refractivity contribution in [3.63, 3.8) is 0 Å². The molecule has 1 aromatic carbocycles. The van der Waals surface area contributed by atoms with E-state index >= 15 is 0 Å². The summed E-state index contributed by atoms with van der Waals surface area (Å²) < 4.78 is 17.5. The summed E-state index contributed by atoms with van der Waals surface area (Å²) in [5, 5.41) is 0. The van der Waals surface area contributed by atoms with E-state index in [1.54, 1.807) is 25.5 Å². The molecule has 0 unspecified atom stereocenters. The van der Waals surface area contributed by atoms with E-state index in [-0.39, 0.29) is 5.82 Å². The average Bonchev–Trinajstić information content (AvgIpc) is 3.11. The van der Waals surface area contributed by atoms with Crippen LogP contribution in [-0.4, -0.2) is 19.1 Å². The maximum Gasteiger partial charge on any atom is 0.128 e. The Morgan fingerprint density at radius 2 is 2.10 bits per heavy atom. The molecule has 0 fully saturated rings. The van der Waals surface area contributed by atoms with Crippen molar-refractivity contribution in [2.24, 2.45) is 0 Å². The highest BCUT2D eigenvalue weighted by atomic mass is 19.1. The number of imidazole rings is 2. The fraction of sp³-hybridized carbons (Fsp3) is 0.250. The molecule has 0 aliphatic carbocycles. The van der Waals surface area contributed by atoms with Gasteiger partial charge in [-0.2, -0.15) is 0 Å². The first-order chi connectivity index (χ1) is 10.2. The summed E-state index contributed by atoms with van der Waals surface area (Å²) in [5.41, 5.74) is 2.34. The van der Waals surface area contributed by atoms with Crippen LogP contribution >= 0.6 is 0 Å². The molecule has 4 nitrogen and oxygen atoms in total. The maximum atomic E-state index is 13.6. The van der Waals surface area contributed by atoms with Crippen LogP contribution in [-0.2, 0) is 13.0 Å². The normalized spacial score (nSPS) is 11.0. The number of aromatic nitrogens is 4. The van der Waals surface area contributed by atoms with Crippen LogP contribution in [0.5, 0.6) is 0 Å². The standard InChI is InChI=1S/C16H17FN4/c1-3-16-18-6-7-20(16)9-13-10-21(11-19-13)14-5-4-12(2)15(17)8-14/h4-8,10-11H,3,9H2,1-2H3. The van der Waals surface area contributed by atoms with E-state index in [4.69, 9.17) is 0 Å². The van der Waals surface area contributed by atoms with Gasteiger partial charge in [0.25, 0.3) is 0 Å². The minimum absolute atomic E-state index is 0.203. The van der Waals surface area contributed by atoms with Crippen molar-refractivity contribution < 1.29 is 4.39 Å². The molecule has 0 atom stereocenters. The molecule has 3 aromatic rings. The molecule has 0 N–H and O–H groups in total. The first-order valence-corrected chi connectivity index (χ1v) is 6.96. The van der Waals surface area contributed by atoms with Crippen LogP contribution in [0.3, 0.4) is 0 Å². The number of halogens is 1. The van der Waals surface area contributed by atoms with Gasteiger partial charge in [-0.15, -0.1) is 0 Å². The second-order valence-electron chi connectivity index (χ2n) is 5.03. The van der Waals surface area contributed by atoms with Gasteiger partial charge in [0, 0.05) is 30.7 Å². The topological polar surface area (TPSA) is 35.6 Å². The lowest BCUT2D eigenvalue weighted by Crippen LogP contribution is -2.03. The van der Waals surface area contributed by atoms with Gasteiger partial charge >= 0.3 is 0 Å². The van der Waals surface area contributed by atoms with Crippen molar-refractivity contribution in [2.45, 2.75) is 26.8 Å². The molecule has 5 heteroatoms. The molecule has 0 saturated carbocycles. The predicted octanol–water partition coefficient (Wildman–Crippen LogP) is 3.13. The zero-order valence-electron chi connectivity index (χ0n) is 12.1. The van der Waals surface area contributed by atoms with E-state index in [0.717, 1.165) is 23.6 Å². The lowest BCUT2D eigenvalue weighted by molar-refractivity contribution is 0.617. The Bertz CT molecular complexity index is 757. The van der Waals surface area contributed by atoms with Gasteiger partial charge in [-0.25, -0.2) is 14.4 Å². The highest BCUT2D eigenvalue weighted by Crippen LogP contribution is 2.14. The summed E-state index contributed by atoms with van der Waals surface area (Å²) in [6.07, 6.45) is 8.26. The zero-order valence-corrected chi connectivity index (χ0v) is 12.1. The molecule has 21 heavy (non-hydrogen) atoms. The Hall–Kier alpha value is -2.43. The third-order valence-electron chi connectivity index (χ3n) is 3.54. The van der Waals surface area contributed by atoms with E-state index in [9.17, 15) is 4.39 Å². The number of benzene rings is 1. The minimum Gasteiger partial charge on any atom is -0.329 e. The summed E-state index contributed by atoms with van der Waals surface area (Å²) in [6, 6.07) is 5.18. The Morgan fingerprint density at radius 3 is 2.86 bits per heavy atom. The van der Waals surface area contributed by atoms with Gasteiger partial charge in [0.1, 0.15) is 11.6 Å². The molecule has 0 bridgehead atoms. The highest BCUT2D eigenvalue weighted by Gasteiger charge is 2.06. The third-order valence-corrected chi connectivity index (χ3v) is 3.54. The highest BCUT2D eigenvalue weighted by molar-refractivity contribution is 5.35. The molecule has 108 valence electrons. The molecule has 0 radical (unpaired) electrons. The van der Waals surface area contributed by atoms with E-state index in [1.165, 1.54) is 6.07 Å². The second kappa shape index (κ2) is 5.52. The monoisotopic (exact) mass is 284 g/mol. The number of hydrogen-bond donors (Lipinski definition) is 0. The molecular formula is C16H17FN4. The fourth-order valence-corrected chi connectivity index (χ4v) is 2.30. The maximum absolute atomic E-state index is 13.6. The second-order valence-corrected chi connectivity index (χ2v) is 5.03. The molecule has 0 spiro atoms. The Kier molecular flexibility index (Phi) is 3.56. The molecule has 2 aromatic heterocycles. The van der Waals surface area contributed by atoms with E-state index in [2.05, 4.69) is 21.5 Å². The summed E-state index contributed by atoms with van der Waals surface area (Å²) in [5.74, 6) is 0.830. The summed E-state index contributed by atoms with van der Waals surface area (Å²) >= 11 is 0. The molecule has 2 heterocycles. The Balaban J connectivity index is 1.84. The number of rotatable bonds is 4. The fourth-order valence-electron chi connectivity index (χ4n) is 2.30. The van der Waals surface area contributed by atoms with Crippen molar-refractivity contribution in [2.75, 3.05) is 0 Å². The molecule has 0 aliphatic rings. The summed E-state index contributed by atoms with van der Waals surface area (Å²) in [4.78, 5) is 8.68. The van der Waals surface area contributed by atoms with Gasteiger partial charge < -0.3 is 9.13 Å². The molecule has 0 aliphatic heterocycles. The molecular weight excluding hydrogens is 267 g/mol. The first kappa shape index (κ1) is 13.5. The average molecular weight is 284 g/mol. The van der Waals surface area contributed by atoms with Gasteiger partial charge in [-0.3, -0.25) is 0 Å². The number of nitrogens with zero attached hydrogens (tertiary/aromatic N) is 4. The van der Waals surface area contributed by atoms with Gasteiger partial charge in [-0.05, 0) is 24.6 Å². The van der Waals surface area contributed by atoms with Crippen LogP contribution in [0.2, 0.25) is 0 Å². The molecule has 0 saturated heterocycles. The van der Waals surface area contributed by atoms with Crippen molar-refractivity contribution in [3.8, 4) is 5.69 Å². The third kappa shape index (κ3) is 2.72. The van der Waals surface area contributed by atoms with Crippen molar-refractivity contribution in [3.05, 3.63) is 66.0 Å². The van der Waals surface area contributed by atoms with Gasteiger partial charge in [0.05, 0.1) is 18.6 Å². The largest absolute Gasteiger partial charge is 0.329 e. The lowest BCUT2D eigenvalue weighted by atomic mass is 10.2. The smallest absolute Gasteiger partial charge is 0.128 e. The first-order valence-electron chi connectivity index (χ1n) is 6.96. The van der Waals surface area contributed by atoms with Gasteiger partial charge in [0.15, 0.2) is 0 Å². The van der Waals surface area contributed by atoms with Crippen molar-refractivity contribution in [1.82, 2.24) is 19.1 Å². The van der Waals surface area contributed by atoms with E-state index in [0.29, 0.717) is 12.1 Å². The number of aryl methyl sites for hydroxylation is 2. The van der Waals surface area contributed by atoms with E-state index < -0.39 is 0 Å². The predicted molar refractivity (Wildman–Crippen MR) is 79.0 cm³/mol. The van der Waals surface area contributed by atoms with Crippen LogP contribution < -0.4 is 0 Å². The van der Waals surface area contributed by atoms with Crippen molar-refractivity contribution >= 4 is 0 Å². The zero-order chi connectivity index (χ0) is 14.8.